The molecule has 1 aromatic carbocycles. The van der Waals surface area contributed by atoms with Gasteiger partial charge in [0.2, 0.25) is 0 Å². The Morgan fingerprint density at radius 3 is 2.22 bits per heavy atom. The number of benzene rings is 1. The number of phenolic OH excluding ortho intramolecular Hbond substituents is 1. The SMILES string of the molecule is CC[C@H]1Oc2c(C)c(C)c(O)c(C)c2[C@@H](CC)O1. The van der Waals surface area contributed by atoms with Gasteiger partial charge < -0.3 is 14.6 Å². The third kappa shape index (κ3) is 1.87. The summed E-state index contributed by atoms with van der Waals surface area (Å²) in [6.45, 7) is 10.0. The Balaban J connectivity index is 2.64. The van der Waals surface area contributed by atoms with Gasteiger partial charge in [-0.2, -0.15) is 0 Å². The molecule has 0 saturated carbocycles. The van der Waals surface area contributed by atoms with E-state index in [1.165, 1.54) is 0 Å². The van der Waals surface area contributed by atoms with Gasteiger partial charge in [0, 0.05) is 17.5 Å². The molecule has 1 N–H and O–H groups in total. The number of aromatic hydroxyl groups is 1. The molecule has 1 aliphatic rings. The van der Waals surface area contributed by atoms with Crippen molar-refractivity contribution >= 4 is 0 Å². The Kier molecular flexibility index (Phi) is 3.53. The summed E-state index contributed by atoms with van der Waals surface area (Å²) in [6, 6.07) is 0. The molecule has 1 aliphatic heterocycles. The Bertz CT molecular complexity index is 466. The lowest BCUT2D eigenvalue weighted by molar-refractivity contribution is -0.142. The lowest BCUT2D eigenvalue weighted by atomic mass is 9.92. The van der Waals surface area contributed by atoms with Crippen LogP contribution in [0.2, 0.25) is 0 Å². The molecule has 0 bridgehead atoms. The minimum absolute atomic E-state index is 0.0175. The molecular weight excluding hydrogens is 228 g/mol. The first kappa shape index (κ1) is 13.2. The number of fused-ring (bicyclic) bond motifs is 1. The molecule has 3 nitrogen and oxygen atoms in total. The number of hydrogen-bond donors (Lipinski definition) is 1. The molecule has 3 heteroatoms. The van der Waals surface area contributed by atoms with Crippen molar-refractivity contribution in [2.45, 2.75) is 59.9 Å². The second-order valence-corrected chi connectivity index (χ2v) is 4.96. The minimum atomic E-state index is -0.176. The van der Waals surface area contributed by atoms with Crippen LogP contribution in [0.5, 0.6) is 11.5 Å². The summed E-state index contributed by atoms with van der Waals surface area (Å²) >= 11 is 0. The highest BCUT2D eigenvalue weighted by Crippen LogP contribution is 2.45. The Hall–Kier alpha value is -1.22. The van der Waals surface area contributed by atoms with Crippen molar-refractivity contribution in [3.05, 3.63) is 22.3 Å². The van der Waals surface area contributed by atoms with Crippen LogP contribution in [0.15, 0.2) is 0 Å². The molecule has 0 spiro atoms. The van der Waals surface area contributed by atoms with Gasteiger partial charge in [-0.1, -0.05) is 13.8 Å². The van der Waals surface area contributed by atoms with Crippen LogP contribution in [0.25, 0.3) is 0 Å². The maximum Gasteiger partial charge on any atom is 0.200 e. The van der Waals surface area contributed by atoms with Gasteiger partial charge in [-0.25, -0.2) is 0 Å². The monoisotopic (exact) mass is 250 g/mol. The molecule has 0 saturated heterocycles. The van der Waals surface area contributed by atoms with Crippen molar-refractivity contribution in [1.29, 1.82) is 0 Å². The summed E-state index contributed by atoms with van der Waals surface area (Å²) in [7, 11) is 0. The number of rotatable bonds is 2. The number of phenols is 1. The average molecular weight is 250 g/mol. The van der Waals surface area contributed by atoms with E-state index < -0.39 is 0 Å². The van der Waals surface area contributed by atoms with Crippen LogP contribution in [-0.2, 0) is 4.74 Å². The molecule has 18 heavy (non-hydrogen) atoms. The molecule has 1 heterocycles. The number of hydrogen-bond acceptors (Lipinski definition) is 3. The number of ether oxygens (including phenoxy) is 2. The molecule has 2 atom stereocenters. The summed E-state index contributed by atoms with van der Waals surface area (Å²) in [5, 5.41) is 10.2. The smallest absolute Gasteiger partial charge is 0.200 e. The van der Waals surface area contributed by atoms with E-state index in [4.69, 9.17) is 9.47 Å². The van der Waals surface area contributed by atoms with Crippen molar-refractivity contribution < 1.29 is 14.6 Å². The molecular formula is C15H22O3. The predicted molar refractivity (Wildman–Crippen MR) is 71.1 cm³/mol. The summed E-state index contributed by atoms with van der Waals surface area (Å²) in [5.74, 6) is 1.28. The Morgan fingerprint density at radius 2 is 1.67 bits per heavy atom. The lowest BCUT2D eigenvalue weighted by Crippen LogP contribution is -2.29. The van der Waals surface area contributed by atoms with E-state index in [-0.39, 0.29) is 12.4 Å². The first-order chi connectivity index (χ1) is 8.51. The summed E-state index contributed by atoms with van der Waals surface area (Å²) in [4.78, 5) is 0. The second-order valence-electron chi connectivity index (χ2n) is 4.96. The van der Waals surface area contributed by atoms with Gasteiger partial charge in [0.15, 0.2) is 6.29 Å². The fraction of sp³-hybridized carbons (Fsp3) is 0.600. The average Bonchev–Trinajstić information content (AvgIpc) is 2.41. The fourth-order valence-corrected chi connectivity index (χ4v) is 2.56. The van der Waals surface area contributed by atoms with Crippen LogP contribution < -0.4 is 4.74 Å². The van der Waals surface area contributed by atoms with Crippen LogP contribution >= 0.6 is 0 Å². The van der Waals surface area contributed by atoms with E-state index in [0.717, 1.165) is 40.8 Å². The Morgan fingerprint density at radius 1 is 1.00 bits per heavy atom. The highest BCUT2D eigenvalue weighted by molar-refractivity contribution is 5.58. The lowest BCUT2D eigenvalue weighted by Gasteiger charge is -2.34. The highest BCUT2D eigenvalue weighted by Gasteiger charge is 2.31. The molecule has 0 radical (unpaired) electrons. The summed E-state index contributed by atoms with van der Waals surface area (Å²) < 4.78 is 11.8. The van der Waals surface area contributed by atoms with Gasteiger partial charge >= 0.3 is 0 Å². The standard InChI is InChI=1S/C15H22O3/c1-6-11-13-10(5)14(16)8(3)9(4)15(13)18-12(7-2)17-11/h11-12,16H,6-7H2,1-5H3/t11-,12-/m1/s1. The van der Waals surface area contributed by atoms with Gasteiger partial charge in [-0.15, -0.1) is 0 Å². The summed E-state index contributed by atoms with van der Waals surface area (Å²) in [5.41, 5.74) is 3.82. The molecule has 100 valence electrons. The summed E-state index contributed by atoms with van der Waals surface area (Å²) in [6.07, 6.45) is 1.55. The van der Waals surface area contributed by atoms with E-state index in [1.54, 1.807) is 0 Å². The van der Waals surface area contributed by atoms with Gasteiger partial charge in [-0.05, 0) is 38.3 Å². The Labute approximate surface area is 109 Å². The quantitative estimate of drug-likeness (QED) is 0.864. The minimum Gasteiger partial charge on any atom is -0.507 e. The van der Waals surface area contributed by atoms with Gasteiger partial charge in [0.25, 0.3) is 0 Å². The zero-order valence-corrected chi connectivity index (χ0v) is 11.8. The van der Waals surface area contributed by atoms with Crippen LogP contribution in [0.4, 0.5) is 0 Å². The maximum absolute atomic E-state index is 10.2. The highest BCUT2D eigenvalue weighted by atomic mass is 16.7. The van der Waals surface area contributed by atoms with Gasteiger partial charge in [0.05, 0.1) is 6.10 Å². The van der Waals surface area contributed by atoms with Crippen LogP contribution in [0.3, 0.4) is 0 Å². The largest absolute Gasteiger partial charge is 0.507 e. The van der Waals surface area contributed by atoms with Crippen LogP contribution in [-0.4, -0.2) is 11.4 Å². The van der Waals surface area contributed by atoms with Crippen molar-refractivity contribution in [3.8, 4) is 11.5 Å². The predicted octanol–water partition coefficient (Wildman–Crippen LogP) is 3.91. The molecule has 0 aromatic heterocycles. The first-order valence-electron chi connectivity index (χ1n) is 6.65. The molecule has 0 fully saturated rings. The molecule has 1 aromatic rings. The van der Waals surface area contributed by atoms with Crippen LogP contribution in [0, 0.1) is 20.8 Å². The van der Waals surface area contributed by atoms with Gasteiger partial charge in [-0.3, -0.25) is 0 Å². The van der Waals surface area contributed by atoms with E-state index in [0.29, 0.717) is 5.75 Å². The molecule has 0 amide bonds. The van der Waals surface area contributed by atoms with Gasteiger partial charge in [0.1, 0.15) is 11.5 Å². The van der Waals surface area contributed by atoms with E-state index in [2.05, 4.69) is 13.8 Å². The van der Waals surface area contributed by atoms with Crippen molar-refractivity contribution in [1.82, 2.24) is 0 Å². The molecule has 2 rings (SSSR count). The third-order valence-electron chi connectivity index (χ3n) is 3.85. The second kappa shape index (κ2) is 4.81. The topological polar surface area (TPSA) is 38.7 Å². The molecule has 0 unspecified atom stereocenters. The normalized spacial score (nSPS) is 22.5. The zero-order chi connectivity index (χ0) is 13.4. The van der Waals surface area contributed by atoms with Crippen molar-refractivity contribution in [2.75, 3.05) is 0 Å². The van der Waals surface area contributed by atoms with E-state index in [9.17, 15) is 5.11 Å². The maximum atomic E-state index is 10.2. The van der Waals surface area contributed by atoms with E-state index >= 15 is 0 Å². The first-order valence-corrected chi connectivity index (χ1v) is 6.65. The zero-order valence-electron chi connectivity index (χ0n) is 11.8. The fourth-order valence-electron chi connectivity index (χ4n) is 2.56. The van der Waals surface area contributed by atoms with Crippen molar-refractivity contribution in [3.63, 3.8) is 0 Å². The molecule has 0 aliphatic carbocycles. The van der Waals surface area contributed by atoms with Crippen molar-refractivity contribution in [2.24, 2.45) is 0 Å². The van der Waals surface area contributed by atoms with Crippen LogP contribution in [0.1, 0.15) is 55.0 Å². The third-order valence-corrected chi connectivity index (χ3v) is 3.85. The van der Waals surface area contributed by atoms with E-state index in [1.807, 2.05) is 20.8 Å².